The van der Waals surface area contributed by atoms with Crippen molar-refractivity contribution in [1.29, 1.82) is 0 Å². The molecule has 0 spiro atoms. The third-order valence-electron chi connectivity index (χ3n) is 4.99. The average Bonchev–Trinajstić information content (AvgIpc) is 2.60. The van der Waals surface area contributed by atoms with Crippen molar-refractivity contribution in [3.8, 4) is 0 Å². The Hall–Kier alpha value is -0.810. The van der Waals surface area contributed by atoms with Crippen molar-refractivity contribution in [2.75, 3.05) is 45.9 Å². The van der Waals surface area contributed by atoms with Crippen LogP contribution >= 0.6 is 24.0 Å². The molecule has 0 aromatic rings. The SMILES string of the molecule is CCNC(=NCC(C)N1CCOCC1C)NC1CCN(C(N)=O)CC1.I. The number of carbonyl (C=O) groups is 1. The Morgan fingerprint density at radius 2 is 2.04 bits per heavy atom. The van der Waals surface area contributed by atoms with Crippen LogP contribution in [0.2, 0.25) is 0 Å². The maximum atomic E-state index is 11.2. The van der Waals surface area contributed by atoms with Crippen LogP contribution in [0.1, 0.15) is 33.6 Å². The molecule has 0 aromatic heterocycles. The minimum Gasteiger partial charge on any atom is -0.379 e. The molecule has 8 nitrogen and oxygen atoms in total. The van der Waals surface area contributed by atoms with Crippen molar-refractivity contribution >= 4 is 36.0 Å². The first-order valence-electron chi connectivity index (χ1n) is 9.44. The van der Waals surface area contributed by atoms with E-state index in [0.717, 1.165) is 51.6 Å². The van der Waals surface area contributed by atoms with Gasteiger partial charge in [-0.3, -0.25) is 9.89 Å². The first-order valence-corrected chi connectivity index (χ1v) is 9.44. The number of hydrogen-bond donors (Lipinski definition) is 3. The summed E-state index contributed by atoms with van der Waals surface area (Å²) in [7, 11) is 0. The molecule has 26 heavy (non-hydrogen) atoms. The van der Waals surface area contributed by atoms with Crippen LogP contribution in [0.4, 0.5) is 4.79 Å². The number of nitrogens with one attached hydrogen (secondary N) is 2. The van der Waals surface area contributed by atoms with E-state index in [1.54, 1.807) is 4.90 Å². The van der Waals surface area contributed by atoms with E-state index < -0.39 is 0 Å². The summed E-state index contributed by atoms with van der Waals surface area (Å²) < 4.78 is 5.51. The number of amides is 2. The van der Waals surface area contributed by atoms with Gasteiger partial charge in [-0.15, -0.1) is 24.0 Å². The van der Waals surface area contributed by atoms with Crippen LogP contribution < -0.4 is 16.4 Å². The zero-order valence-corrected chi connectivity index (χ0v) is 18.6. The predicted octanol–water partition coefficient (Wildman–Crippen LogP) is 0.812. The second kappa shape index (κ2) is 11.8. The topological polar surface area (TPSA) is 95.2 Å². The molecule has 0 aliphatic carbocycles. The molecule has 2 heterocycles. The molecule has 9 heteroatoms. The van der Waals surface area contributed by atoms with Gasteiger partial charge in [-0.2, -0.15) is 0 Å². The van der Waals surface area contributed by atoms with E-state index in [1.807, 2.05) is 0 Å². The van der Waals surface area contributed by atoms with Crippen molar-refractivity contribution < 1.29 is 9.53 Å². The standard InChI is InChI=1S/C17H34N6O2.HI/c1-4-19-17(21-15-5-7-22(8-6-15)16(18)24)20-11-13(2)23-9-10-25-12-14(23)3;/h13-15H,4-12H2,1-3H3,(H2,18,24)(H2,19,20,21);1H. The van der Waals surface area contributed by atoms with Crippen LogP contribution in [0.3, 0.4) is 0 Å². The number of morpholine rings is 1. The second-order valence-electron chi connectivity index (χ2n) is 6.97. The van der Waals surface area contributed by atoms with Gasteiger partial charge in [-0.1, -0.05) is 0 Å². The van der Waals surface area contributed by atoms with Crippen molar-refractivity contribution in [3.05, 3.63) is 0 Å². The quantitative estimate of drug-likeness (QED) is 0.306. The summed E-state index contributed by atoms with van der Waals surface area (Å²) in [4.78, 5) is 20.2. The summed E-state index contributed by atoms with van der Waals surface area (Å²) >= 11 is 0. The fraction of sp³-hybridized carbons (Fsp3) is 0.882. The molecule has 152 valence electrons. The van der Waals surface area contributed by atoms with Crippen molar-refractivity contribution in [2.24, 2.45) is 10.7 Å². The lowest BCUT2D eigenvalue weighted by Crippen LogP contribution is -2.51. The lowest BCUT2D eigenvalue weighted by atomic mass is 10.1. The number of hydrogen-bond acceptors (Lipinski definition) is 4. The highest BCUT2D eigenvalue weighted by atomic mass is 127. The Morgan fingerprint density at radius 3 is 2.62 bits per heavy atom. The van der Waals surface area contributed by atoms with Crippen LogP contribution in [0.5, 0.6) is 0 Å². The Labute approximate surface area is 174 Å². The zero-order valence-electron chi connectivity index (χ0n) is 16.2. The van der Waals surface area contributed by atoms with Crippen molar-refractivity contribution in [1.82, 2.24) is 20.4 Å². The maximum Gasteiger partial charge on any atom is 0.314 e. The van der Waals surface area contributed by atoms with Gasteiger partial charge in [-0.25, -0.2) is 4.79 Å². The molecule has 0 aromatic carbocycles. The molecule has 0 radical (unpaired) electrons. The lowest BCUT2D eigenvalue weighted by molar-refractivity contribution is -0.0165. The number of guanidine groups is 1. The number of rotatable bonds is 5. The molecule has 0 saturated carbocycles. The van der Waals surface area contributed by atoms with E-state index >= 15 is 0 Å². The number of piperidine rings is 1. The monoisotopic (exact) mass is 482 g/mol. The lowest BCUT2D eigenvalue weighted by Gasteiger charge is -2.37. The van der Waals surface area contributed by atoms with Gasteiger partial charge in [0.2, 0.25) is 0 Å². The molecule has 2 rings (SSSR count). The number of urea groups is 1. The van der Waals surface area contributed by atoms with Crippen molar-refractivity contribution in [3.63, 3.8) is 0 Å². The van der Waals surface area contributed by atoms with E-state index in [2.05, 4.69) is 36.3 Å². The van der Waals surface area contributed by atoms with Crippen LogP contribution in [0, 0.1) is 0 Å². The van der Waals surface area contributed by atoms with Crippen molar-refractivity contribution in [2.45, 2.75) is 51.7 Å². The summed E-state index contributed by atoms with van der Waals surface area (Å²) in [5.41, 5.74) is 5.34. The Morgan fingerprint density at radius 1 is 1.35 bits per heavy atom. The van der Waals surface area contributed by atoms with E-state index in [1.165, 1.54) is 0 Å². The van der Waals surface area contributed by atoms with Crippen LogP contribution in [0.15, 0.2) is 4.99 Å². The highest BCUT2D eigenvalue weighted by Crippen LogP contribution is 2.12. The molecule has 2 fully saturated rings. The highest BCUT2D eigenvalue weighted by molar-refractivity contribution is 14.0. The Kier molecular flexibility index (Phi) is 10.6. The summed E-state index contributed by atoms with van der Waals surface area (Å²) in [6.07, 6.45) is 1.78. The third kappa shape index (κ3) is 7.07. The molecule has 2 amide bonds. The maximum absolute atomic E-state index is 11.2. The van der Waals surface area contributed by atoms with Gasteiger partial charge in [0.1, 0.15) is 0 Å². The number of halogens is 1. The normalized spacial score (nSPS) is 23.9. The fourth-order valence-corrected chi connectivity index (χ4v) is 3.48. The van der Waals surface area contributed by atoms with Gasteiger partial charge in [-0.05, 0) is 33.6 Å². The predicted molar refractivity (Wildman–Crippen MR) is 115 cm³/mol. The molecule has 2 aliphatic rings. The van der Waals surface area contributed by atoms with E-state index in [4.69, 9.17) is 15.5 Å². The highest BCUT2D eigenvalue weighted by Gasteiger charge is 2.24. The number of nitrogens with two attached hydrogens (primary N) is 1. The Balaban J connectivity index is 0.00000338. The van der Waals surface area contributed by atoms with Gasteiger partial charge in [0, 0.05) is 44.3 Å². The summed E-state index contributed by atoms with van der Waals surface area (Å²) in [5, 5.41) is 6.83. The molecule has 2 saturated heterocycles. The number of carbonyl (C=O) groups excluding carboxylic acids is 1. The summed E-state index contributed by atoms with van der Waals surface area (Å²) in [6, 6.07) is 0.817. The Bertz CT molecular complexity index is 457. The first-order chi connectivity index (χ1) is 12.0. The number of ether oxygens (including phenoxy) is 1. The van der Waals surface area contributed by atoms with Gasteiger partial charge < -0.3 is 26.0 Å². The van der Waals surface area contributed by atoms with E-state index in [-0.39, 0.29) is 30.0 Å². The number of primary amides is 1. The van der Waals surface area contributed by atoms with Gasteiger partial charge in [0.15, 0.2) is 5.96 Å². The summed E-state index contributed by atoms with van der Waals surface area (Å²) in [6.45, 7) is 12.0. The minimum atomic E-state index is -0.326. The molecule has 2 unspecified atom stereocenters. The second-order valence-corrected chi connectivity index (χ2v) is 6.97. The zero-order chi connectivity index (χ0) is 18.2. The number of nitrogens with zero attached hydrogens (tertiary/aromatic N) is 3. The van der Waals surface area contributed by atoms with Gasteiger partial charge in [0.05, 0.1) is 19.8 Å². The molecule has 4 N–H and O–H groups in total. The van der Waals surface area contributed by atoms with E-state index in [9.17, 15) is 4.79 Å². The number of aliphatic imine (C=N–C) groups is 1. The largest absolute Gasteiger partial charge is 0.379 e. The first kappa shape index (κ1) is 23.2. The number of likely N-dealkylation sites (tertiary alicyclic amines) is 1. The minimum absolute atomic E-state index is 0. The van der Waals surface area contributed by atoms with Gasteiger partial charge >= 0.3 is 6.03 Å². The molecule has 2 aliphatic heterocycles. The molecule has 2 atom stereocenters. The fourth-order valence-electron chi connectivity index (χ4n) is 3.48. The van der Waals surface area contributed by atoms with Crippen LogP contribution in [-0.2, 0) is 4.74 Å². The van der Waals surface area contributed by atoms with Crippen LogP contribution in [-0.4, -0.2) is 85.9 Å². The average molecular weight is 482 g/mol. The smallest absolute Gasteiger partial charge is 0.314 e. The summed E-state index contributed by atoms with van der Waals surface area (Å²) in [5.74, 6) is 0.854. The molecular weight excluding hydrogens is 447 g/mol. The third-order valence-corrected chi connectivity index (χ3v) is 4.99. The van der Waals surface area contributed by atoms with Gasteiger partial charge in [0.25, 0.3) is 0 Å². The van der Waals surface area contributed by atoms with Crippen LogP contribution in [0.25, 0.3) is 0 Å². The molecule has 0 bridgehead atoms. The van der Waals surface area contributed by atoms with E-state index in [0.29, 0.717) is 31.2 Å². The molecular formula is C17H35IN6O2.